The number of amides is 1. The first-order valence-corrected chi connectivity index (χ1v) is 8.19. The van der Waals surface area contributed by atoms with Crippen molar-refractivity contribution in [3.8, 4) is 0 Å². The Balaban J connectivity index is 1.83. The zero-order valence-corrected chi connectivity index (χ0v) is 13.7. The van der Waals surface area contributed by atoms with E-state index in [2.05, 4.69) is 0 Å². The van der Waals surface area contributed by atoms with Crippen molar-refractivity contribution in [1.82, 2.24) is 4.90 Å². The molecule has 5 nitrogen and oxygen atoms in total. The van der Waals surface area contributed by atoms with Crippen LogP contribution >= 0.6 is 0 Å². The van der Waals surface area contributed by atoms with Crippen molar-refractivity contribution in [2.24, 2.45) is 5.92 Å². The highest BCUT2D eigenvalue weighted by molar-refractivity contribution is 5.89. The lowest BCUT2D eigenvalue weighted by atomic mass is 9.88. The maximum absolute atomic E-state index is 12.1. The van der Waals surface area contributed by atoms with Gasteiger partial charge in [-0.2, -0.15) is 0 Å². The van der Waals surface area contributed by atoms with E-state index in [9.17, 15) is 14.7 Å². The first-order valence-electron chi connectivity index (χ1n) is 8.19. The molecule has 1 aliphatic rings. The second kappa shape index (κ2) is 8.67. The molecule has 2 rings (SSSR count). The van der Waals surface area contributed by atoms with Crippen molar-refractivity contribution in [1.29, 1.82) is 0 Å². The lowest BCUT2D eigenvalue weighted by Crippen LogP contribution is -2.39. The number of benzene rings is 1. The molecule has 1 fully saturated rings. The number of hydrogen-bond acceptors (Lipinski definition) is 3. The van der Waals surface area contributed by atoms with E-state index in [0.29, 0.717) is 24.5 Å². The SMILES string of the molecule is COCCCC(=O)N1CCC(Cc2ccccc2C(=O)O)CC1. The third-order valence-electron chi connectivity index (χ3n) is 4.46. The number of carboxylic acids is 1. The predicted octanol–water partition coefficient (Wildman–Crippen LogP) is 2.59. The van der Waals surface area contributed by atoms with E-state index in [1.807, 2.05) is 17.0 Å². The number of carboxylic acid groups (broad SMARTS) is 1. The maximum atomic E-state index is 12.1. The van der Waals surface area contributed by atoms with Crippen LogP contribution in [0.3, 0.4) is 0 Å². The number of likely N-dealkylation sites (tertiary alicyclic amines) is 1. The summed E-state index contributed by atoms with van der Waals surface area (Å²) in [7, 11) is 1.64. The summed E-state index contributed by atoms with van der Waals surface area (Å²) in [5.74, 6) is -0.226. The highest BCUT2D eigenvalue weighted by atomic mass is 16.5. The second-order valence-corrected chi connectivity index (χ2v) is 6.09. The number of nitrogens with zero attached hydrogens (tertiary/aromatic N) is 1. The highest BCUT2D eigenvalue weighted by Gasteiger charge is 2.23. The van der Waals surface area contributed by atoms with Crippen LogP contribution in [0.1, 0.15) is 41.6 Å². The normalized spacial score (nSPS) is 15.6. The van der Waals surface area contributed by atoms with E-state index in [1.165, 1.54) is 0 Å². The molecule has 0 aromatic heterocycles. The molecule has 0 saturated carbocycles. The average Bonchev–Trinajstić information content (AvgIpc) is 2.56. The fraction of sp³-hybridized carbons (Fsp3) is 0.556. The van der Waals surface area contributed by atoms with Crippen LogP contribution in [0, 0.1) is 5.92 Å². The molecule has 1 amide bonds. The zero-order chi connectivity index (χ0) is 16.7. The number of piperidine rings is 1. The zero-order valence-electron chi connectivity index (χ0n) is 13.7. The largest absolute Gasteiger partial charge is 0.478 e. The second-order valence-electron chi connectivity index (χ2n) is 6.09. The Hall–Kier alpha value is -1.88. The van der Waals surface area contributed by atoms with E-state index in [4.69, 9.17) is 4.74 Å². The Kier molecular flexibility index (Phi) is 6.59. The van der Waals surface area contributed by atoms with Crippen molar-refractivity contribution in [2.45, 2.75) is 32.1 Å². The molecule has 0 radical (unpaired) electrons. The number of hydrogen-bond donors (Lipinski definition) is 1. The molecule has 0 unspecified atom stereocenters. The molecule has 0 spiro atoms. The van der Waals surface area contributed by atoms with Crippen molar-refractivity contribution in [3.63, 3.8) is 0 Å². The fourth-order valence-corrected chi connectivity index (χ4v) is 3.13. The van der Waals surface area contributed by atoms with Crippen LogP contribution in [0.2, 0.25) is 0 Å². The molecule has 0 bridgehead atoms. The standard InChI is InChI=1S/C18H25NO4/c1-23-12-4-7-17(20)19-10-8-14(9-11-19)13-15-5-2-3-6-16(15)18(21)22/h2-3,5-6,14H,4,7-13H2,1H3,(H,21,22). The average molecular weight is 319 g/mol. The van der Waals surface area contributed by atoms with Crippen LogP contribution in [-0.2, 0) is 16.0 Å². The molecular formula is C18H25NO4. The molecule has 1 saturated heterocycles. The van der Waals surface area contributed by atoms with Gasteiger partial charge in [0.15, 0.2) is 0 Å². The van der Waals surface area contributed by atoms with Crippen LogP contribution in [0.5, 0.6) is 0 Å². The van der Waals surface area contributed by atoms with Crippen LogP contribution < -0.4 is 0 Å². The number of methoxy groups -OCH3 is 1. The van der Waals surface area contributed by atoms with E-state index >= 15 is 0 Å². The summed E-state index contributed by atoms with van der Waals surface area (Å²) < 4.78 is 4.97. The Labute approximate surface area is 137 Å². The van der Waals surface area contributed by atoms with Gasteiger partial charge in [-0.3, -0.25) is 4.79 Å². The topological polar surface area (TPSA) is 66.8 Å². The third kappa shape index (κ3) is 5.06. The summed E-state index contributed by atoms with van der Waals surface area (Å²) in [6.07, 6.45) is 3.95. The predicted molar refractivity (Wildman–Crippen MR) is 87.5 cm³/mol. The number of carbonyl (C=O) groups is 2. The van der Waals surface area contributed by atoms with Crippen LogP contribution in [0.15, 0.2) is 24.3 Å². The summed E-state index contributed by atoms with van der Waals surface area (Å²) in [6.45, 7) is 2.16. The molecule has 1 aromatic rings. The summed E-state index contributed by atoms with van der Waals surface area (Å²) in [4.78, 5) is 25.3. The van der Waals surface area contributed by atoms with Gasteiger partial charge < -0.3 is 14.7 Å². The Morgan fingerprint density at radius 2 is 1.96 bits per heavy atom. The van der Waals surface area contributed by atoms with Gasteiger partial charge in [-0.05, 0) is 43.2 Å². The van der Waals surface area contributed by atoms with Gasteiger partial charge in [-0.1, -0.05) is 18.2 Å². The number of carbonyl (C=O) groups excluding carboxylic acids is 1. The molecule has 5 heteroatoms. The van der Waals surface area contributed by atoms with Crippen molar-refractivity contribution in [2.75, 3.05) is 26.8 Å². The Morgan fingerprint density at radius 1 is 1.26 bits per heavy atom. The van der Waals surface area contributed by atoms with E-state index < -0.39 is 5.97 Å². The third-order valence-corrected chi connectivity index (χ3v) is 4.46. The quantitative estimate of drug-likeness (QED) is 0.785. The Morgan fingerprint density at radius 3 is 2.61 bits per heavy atom. The van der Waals surface area contributed by atoms with Crippen molar-refractivity contribution < 1.29 is 19.4 Å². The summed E-state index contributed by atoms with van der Waals surface area (Å²) in [6, 6.07) is 7.20. The first-order chi connectivity index (χ1) is 11.1. The summed E-state index contributed by atoms with van der Waals surface area (Å²) in [5.41, 5.74) is 1.29. The molecule has 23 heavy (non-hydrogen) atoms. The molecule has 0 aliphatic carbocycles. The number of aromatic carboxylic acids is 1. The van der Waals surface area contributed by atoms with Gasteiger partial charge in [0.1, 0.15) is 0 Å². The number of ether oxygens (including phenoxy) is 1. The molecule has 1 aliphatic heterocycles. The summed E-state index contributed by atoms with van der Waals surface area (Å²) in [5, 5.41) is 9.25. The van der Waals surface area contributed by atoms with Gasteiger partial charge in [0.05, 0.1) is 5.56 Å². The van der Waals surface area contributed by atoms with Gasteiger partial charge in [-0.25, -0.2) is 4.79 Å². The lowest BCUT2D eigenvalue weighted by molar-refractivity contribution is -0.132. The van der Waals surface area contributed by atoms with Crippen LogP contribution in [0.25, 0.3) is 0 Å². The molecule has 0 atom stereocenters. The minimum absolute atomic E-state index is 0.200. The summed E-state index contributed by atoms with van der Waals surface area (Å²) >= 11 is 0. The highest BCUT2D eigenvalue weighted by Crippen LogP contribution is 2.24. The maximum Gasteiger partial charge on any atom is 0.335 e. The van der Waals surface area contributed by atoms with Gasteiger partial charge in [-0.15, -0.1) is 0 Å². The molecule has 1 heterocycles. The van der Waals surface area contributed by atoms with Gasteiger partial charge in [0.2, 0.25) is 5.91 Å². The van der Waals surface area contributed by atoms with E-state index in [-0.39, 0.29) is 5.91 Å². The number of rotatable bonds is 7. The minimum atomic E-state index is -0.869. The van der Waals surface area contributed by atoms with Crippen LogP contribution in [0.4, 0.5) is 0 Å². The van der Waals surface area contributed by atoms with Crippen LogP contribution in [-0.4, -0.2) is 48.7 Å². The van der Waals surface area contributed by atoms with Crippen molar-refractivity contribution in [3.05, 3.63) is 35.4 Å². The monoisotopic (exact) mass is 319 g/mol. The van der Waals surface area contributed by atoms with E-state index in [0.717, 1.165) is 44.3 Å². The first kappa shape index (κ1) is 17.5. The van der Waals surface area contributed by atoms with Crippen molar-refractivity contribution >= 4 is 11.9 Å². The van der Waals surface area contributed by atoms with E-state index in [1.54, 1.807) is 19.2 Å². The minimum Gasteiger partial charge on any atom is -0.478 e. The van der Waals surface area contributed by atoms with Gasteiger partial charge in [0, 0.05) is 33.2 Å². The lowest BCUT2D eigenvalue weighted by Gasteiger charge is -2.32. The molecule has 1 N–H and O–H groups in total. The smallest absolute Gasteiger partial charge is 0.335 e. The van der Waals surface area contributed by atoms with Gasteiger partial charge in [0.25, 0.3) is 0 Å². The Bertz CT molecular complexity index is 536. The molecule has 126 valence electrons. The molecule has 1 aromatic carbocycles. The van der Waals surface area contributed by atoms with Gasteiger partial charge >= 0.3 is 5.97 Å². The fourth-order valence-electron chi connectivity index (χ4n) is 3.13. The molecular weight excluding hydrogens is 294 g/mol.